The molecule has 5 N–H and O–H groups in total. The first-order chi connectivity index (χ1) is 9.60. The number of nitrogen functional groups attached to an aromatic ring is 1. The maximum Gasteiger partial charge on any atom is 0.0378 e. The van der Waals surface area contributed by atoms with Crippen LogP contribution < -0.4 is 17.0 Å². The van der Waals surface area contributed by atoms with Crippen LogP contribution >= 0.6 is 0 Å². The lowest BCUT2D eigenvalue weighted by molar-refractivity contribution is 0.522. The van der Waals surface area contributed by atoms with E-state index in [1.165, 1.54) is 16.7 Å². The lowest BCUT2D eigenvalue weighted by Crippen LogP contribution is -2.38. The normalized spacial score (nSPS) is 12.3. The number of rotatable bonds is 5. The molecule has 1 atom stereocenters. The summed E-state index contributed by atoms with van der Waals surface area (Å²) in [6.07, 6.45) is 5.14. The smallest absolute Gasteiger partial charge is 0.0378 e. The monoisotopic (exact) mass is 270 g/mol. The van der Waals surface area contributed by atoms with Crippen molar-refractivity contribution in [3.05, 3.63) is 58.9 Å². The molecule has 4 nitrogen and oxygen atoms in total. The standard InChI is InChI=1S/C16H22N4/c1-11-3-4-13(7-12(11)2)8-15(20-18)9-14-10-19-6-5-16(14)17/h3-7,10,15,20H,8-9,18H2,1-2H3,(H2,17,19). The van der Waals surface area contributed by atoms with E-state index in [-0.39, 0.29) is 6.04 Å². The van der Waals surface area contributed by atoms with Gasteiger partial charge in [0.2, 0.25) is 0 Å². The fourth-order valence-electron chi connectivity index (χ4n) is 2.28. The molecule has 1 aromatic heterocycles. The Bertz CT molecular complexity index is 580. The summed E-state index contributed by atoms with van der Waals surface area (Å²) in [5.41, 5.74) is 14.5. The summed E-state index contributed by atoms with van der Waals surface area (Å²) < 4.78 is 0. The molecule has 0 aliphatic carbocycles. The number of hydrazine groups is 1. The van der Waals surface area contributed by atoms with Gasteiger partial charge in [0.15, 0.2) is 0 Å². The van der Waals surface area contributed by atoms with Crippen LogP contribution in [0.4, 0.5) is 5.69 Å². The molecule has 0 aliphatic heterocycles. The van der Waals surface area contributed by atoms with Gasteiger partial charge >= 0.3 is 0 Å². The van der Waals surface area contributed by atoms with Gasteiger partial charge in [-0.05, 0) is 55.0 Å². The van der Waals surface area contributed by atoms with Crippen LogP contribution in [0.1, 0.15) is 22.3 Å². The molecule has 1 heterocycles. The number of hydrogen-bond donors (Lipinski definition) is 3. The van der Waals surface area contributed by atoms with Crippen LogP contribution in [0.2, 0.25) is 0 Å². The van der Waals surface area contributed by atoms with Crippen molar-refractivity contribution in [2.45, 2.75) is 32.7 Å². The predicted molar refractivity (Wildman–Crippen MR) is 83.1 cm³/mol. The maximum atomic E-state index is 5.95. The Morgan fingerprint density at radius 3 is 2.60 bits per heavy atom. The lowest BCUT2D eigenvalue weighted by atomic mass is 9.97. The molecule has 0 fully saturated rings. The van der Waals surface area contributed by atoms with Gasteiger partial charge < -0.3 is 5.73 Å². The molecule has 1 unspecified atom stereocenters. The minimum atomic E-state index is 0.142. The van der Waals surface area contributed by atoms with Gasteiger partial charge in [-0.25, -0.2) is 0 Å². The summed E-state index contributed by atoms with van der Waals surface area (Å²) in [7, 11) is 0. The SMILES string of the molecule is Cc1ccc(CC(Cc2cnccc2N)NN)cc1C. The molecular formula is C16H22N4. The van der Waals surface area contributed by atoms with E-state index >= 15 is 0 Å². The van der Waals surface area contributed by atoms with Crippen molar-refractivity contribution in [2.24, 2.45) is 5.84 Å². The first kappa shape index (κ1) is 14.5. The molecule has 106 valence electrons. The molecular weight excluding hydrogens is 248 g/mol. The van der Waals surface area contributed by atoms with E-state index in [2.05, 4.69) is 42.5 Å². The van der Waals surface area contributed by atoms with Gasteiger partial charge in [0.05, 0.1) is 0 Å². The summed E-state index contributed by atoms with van der Waals surface area (Å²) in [5.74, 6) is 5.68. The van der Waals surface area contributed by atoms with E-state index in [1.54, 1.807) is 12.4 Å². The van der Waals surface area contributed by atoms with Crippen LogP contribution in [0, 0.1) is 13.8 Å². The average Bonchev–Trinajstić information content (AvgIpc) is 2.44. The highest BCUT2D eigenvalue weighted by Gasteiger charge is 2.11. The number of nitrogens with two attached hydrogens (primary N) is 2. The third kappa shape index (κ3) is 3.56. The van der Waals surface area contributed by atoms with Gasteiger partial charge in [0, 0.05) is 24.1 Å². The van der Waals surface area contributed by atoms with Crippen molar-refractivity contribution in [1.82, 2.24) is 10.4 Å². The zero-order valence-corrected chi connectivity index (χ0v) is 12.1. The second-order valence-electron chi connectivity index (χ2n) is 5.26. The fourth-order valence-corrected chi connectivity index (χ4v) is 2.28. The Kier molecular flexibility index (Phi) is 4.71. The number of hydrogen-bond acceptors (Lipinski definition) is 4. The summed E-state index contributed by atoms with van der Waals surface area (Å²) in [5, 5.41) is 0. The first-order valence-electron chi connectivity index (χ1n) is 6.80. The number of aromatic nitrogens is 1. The number of nitrogens with zero attached hydrogens (tertiary/aromatic N) is 1. The van der Waals surface area contributed by atoms with Gasteiger partial charge in [0.25, 0.3) is 0 Å². The highest BCUT2D eigenvalue weighted by atomic mass is 15.2. The summed E-state index contributed by atoms with van der Waals surface area (Å²) in [6.45, 7) is 4.25. The van der Waals surface area contributed by atoms with E-state index < -0.39 is 0 Å². The van der Waals surface area contributed by atoms with Crippen LogP contribution in [0.15, 0.2) is 36.7 Å². The van der Waals surface area contributed by atoms with E-state index in [0.717, 1.165) is 24.1 Å². The maximum absolute atomic E-state index is 5.95. The first-order valence-corrected chi connectivity index (χ1v) is 6.80. The molecule has 0 radical (unpaired) electrons. The lowest BCUT2D eigenvalue weighted by Gasteiger charge is -2.17. The minimum absolute atomic E-state index is 0.142. The predicted octanol–water partition coefficient (Wildman–Crippen LogP) is 1.90. The van der Waals surface area contributed by atoms with Crippen molar-refractivity contribution in [3.63, 3.8) is 0 Å². The number of benzene rings is 1. The molecule has 0 aliphatic rings. The van der Waals surface area contributed by atoms with Gasteiger partial charge in [-0.15, -0.1) is 0 Å². The van der Waals surface area contributed by atoms with Crippen molar-refractivity contribution >= 4 is 5.69 Å². The van der Waals surface area contributed by atoms with E-state index in [9.17, 15) is 0 Å². The summed E-state index contributed by atoms with van der Waals surface area (Å²) in [4.78, 5) is 4.12. The van der Waals surface area contributed by atoms with Crippen molar-refractivity contribution in [1.29, 1.82) is 0 Å². The quantitative estimate of drug-likeness (QED) is 0.573. The molecule has 0 amide bonds. The third-order valence-electron chi connectivity index (χ3n) is 3.70. The topological polar surface area (TPSA) is 77.0 Å². The van der Waals surface area contributed by atoms with Crippen molar-refractivity contribution < 1.29 is 0 Å². The third-order valence-corrected chi connectivity index (χ3v) is 3.70. The van der Waals surface area contributed by atoms with Gasteiger partial charge in [-0.2, -0.15) is 0 Å². The van der Waals surface area contributed by atoms with Crippen LogP contribution in [-0.2, 0) is 12.8 Å². The molecule has 0 bridgehead atoms. The van der Waals surface area contributed by atoms with Crippen molar-refractivity contribution in [3.8, 4) is 0 Å². The van der Waals surface area contributed by atoms with Gasteiger partial charge in [0.1, 0.15) is 0 Å². The Labute approximate surface area is 120 Å². The van der Waals surface area contributed by atoms with Gasteiger partial charge in [-0.3, -0.25) is 16.3 Å². The molecule has 2 rings (SSSR count). The molecule has 1 aromatic carbocycles. The number of pyridine rings is 1. The van der Waals surface area contributed by atoms with Crippen LogP contribution in [0.25, 0.3) is 0 Å². The summed E-state index contributed by atoms with van der Waals surface area (Å²) >= 11 is 0. The van der Waals surface area contributed by atoms with E-state index in [4.69, 9.17) is 11.6 Å². The van der Waals surface area contributed by atoms with E-state index in [1.807, 2.05) is 6.07 Å². The second-order valence-corrected chi connectivity index (χ2v) is 5.26. The van der Waals surface area contributed by atoms with Crippen molar-refractivity contribution in [2.75, 3.05) is 5.73 Å². The Morgan fingerprint density at radius 2 is 1.95 bits per heavy atom. The highest BCUT2D eigenvalue weighted by molar-refractivity contribution is 5.44. The van der Waals surface area contributed by atoms with Gasteiger partial charge in [-0.1, -0.05) is 18.2 Å². The molecule has 2 aromatic rings. The van der Waals surface area contributed by atoms with Crippen LogP contribution in [0.3, 0.4) is 0 Å². The molecule has 0 spiro atoms. The molecule has 20 heavy (non-hydrogen) atoms. The zero-order chi connectivity index (χ0) is 14.5. The summed E-state index contributed by atoms with van der Waals surface area (Å²) in [6, 6.07) is 8.48. The Balaban J connectivity index is 2.09. The highest BCUT2D eigenvalue weighted by Crippen LogP contribution is 2.15. The Hall–Kier alpha value is -1.91. The average molecular weight is 270 g/mol. The molecule has 0 saturated heterocycles. The zero-order valence-electron chi connectivity index (χ0n) is 12.1. The fraction of sp³-hybridized carbons (Fsp3) is 0.312. The number of aryl methyl sites for hydroxylation is 2. The second kappa shape index (κ2) is 6.50. The number of nitrogens with one attached hydrogen (secondary N) is 1. The number of anilines is 1. The molecule has 4 heteroatoms. The largest absolute Gasteiger partial charge is 0.398 e. The Morgan fingerprint density at radius 1 is 1.15 bits per heavy atom. The van der Waals surface area contributed by atoms with Crippen LogP contribution in [-0.4, -0.2) is 11.0 Å². The van der Waals surface area contributed by atoms with E-state index in [0.29, 0.717) is 0 Å². The van der Waals surface area contributed by atoms with Crippen LogP contribution in [0.5, 0.6) is 0 Å². The molecule has 0 saturated carbocycles. The minimum Gasteiger partial charge on any atom is -0.398 e.